The topological polar surface area (TPSA) is 546 Å². The van der Waals surface area contributed by atoms with Crippen LogP contribution in [0.2, 0.25) is 10.0 Å². The molecular formula is C67H74Cl2N10O25. The number of carboxylic acids is 1. The molecule has 8 aliphatic rings. The van der Waals surface area contributed by atoms with Crippen LogP contribution in [0.3, 0.4) is 0 Å². The fourth-order valence-electron chi connectivity index (χ4n) is 13.3. The Morgan fingerprint density at radius 2 is 1.34 bits per heavy atom. The van der Waals surface area contributed by atoms with Gasteiger partial charge in [-0.2, -0.15) is 0 Å². The maximum atomic E-state index is 16.2. The van der Waals surface area contributed by atoms with Gasteiger partial charge in [0.1, 0.15) is 102 Å². The number of hydrogen-bond donors (Lipinski definition) is 20. The van der Waals surface area contributed by atoms with Crippen LogP contribution in [0.15, 0.2) is 78.9 Å². The number of carbonyl (C=O) groups excluding carboxylic acids is 8. The molecule has 0 unspecified atom stereocenters. The number of urea groups is 1. The first-order valence-corrected chi connectivity index (χ1v) is 33.2. The summed E-state index contributed by atoms with van der Waals surface area (Å²) in [6, 6.07) is -1.60. The molecule has 8 aliphatic heterocycles. The van der Waals surface area contributed by atoms with Gasteiger partial charge in [0, 0.05) is 29.2 Å². The summed E-state index contributed by atoms with van der Waals surface area (Å²) in [7, 11) is 1.47. The van der Waals surface area contributed by atoms with Gasteiger partial charge in [-0.3, -0.25) is 33.6 Å². The largest absolute Gasteiger partial charge is 0.508 e. The highest BCUT2D eigenvalue weighted by atomic mass is 35.5. The Morgan fingerprint density at radius 1 is 0.712 bits per heavy atom. The standard InChI is InChI=1S/C67H74Cl2N10O25/c1-23(2)12-34(71-5)57(89)76-49-51(85)26-7-10-38(32(68)14-26)100-40-16-28-17-41(56(40)104-64-54(88)53(87)52(86)42(22-80)102-64)101-39-11-8-27(15-33(39)69)55(103-44-21-66(4)67(98,24(3)99-44)79-65(97)78-66)50-62(94)75-48(63(95)96)31-18-29(81)19-37(83)45(31)30-13-25(6-9-36(30)82)46(59(91)77-50)74-60(92)47(28)73-58(90)35(20-43(70)84)72-61(49)93/h6-11,13-19,23-24,34-35,42,44,46-55,64,71,80-83,85-88,98H,12,20-22H2,1-5H3,(H2,70,84)(H,72,93)(H,73,90)(H,74,92)(H,75,94)(H,76,89)(H,77,91)(H,95,96)(H2,78,79,97)/t24-,34+,35-,42+,44-,46+,47+,48-,49+,50-,51+,52+,53-,54+,55+,64-,66-,67+/m0/s1. The van der Waals surface area contributed by atoms with Gasteiger partial charge in [0.15, 0.2) is 29.6 Å². The van der Waals surface area contributed by atoms with Gasteiger partial charge >= 0.3 is 12.0 Å². The van der Waals surface area contributed by atoms with Crippen molar-refractivity contribution in [3.63, 3.8) is 0 Å². The maximum Gasteiger partial charge on any atom is 0.330 e. The Bertz CT molecular complexity index is 4290. The number of halogens is 2. The summed E-state index contributed by atoms with van der Waals surface area (Å²) in [5, 5.41) is 135. The van der Waals surface area contributed by atoms with Gasteiger partial charge in [0.2, 0.25) is 53.4 Å². The number of carboxylic acid groups (broad SMARTS) is 1. The number of primary amides is 1. The monoisotopic (exact) mass is 1490 g/mol. The molecule has 104 heavy (non-hydrogen) atoms. The van der Waals surface area contributed by atoms with E-state index >= 15 is 19.2 Å². The van der Waals surface area contributed by atoms with Crippen molar-refractivity contribution in [2.45, 2.75) is 156 Å². The van der Waals surface area contributed by atoms with Gasteiger partial charge in [-0.15, -0.1) is 0 Å². The first kappa shape index (κ1) is 75.3. The molecule has 3 fully saturated rings. The predicted octanol–water partition coefficient (Wildman–Crippen LogP) is -0.212. The number of carbonyl (C=O) groups is 9. The molecule has 0 spiro atoms. The maximum absolute atomic E-state index is 16.2. The molecule has 13 rings (SSSR count). The minimum absolute atomic E-state index is 0.103. The number of hydrogen-bond acceptors (Lipinski definition) is 25. The molecule has 18 atom stereocenters. The van der Waals surface area contributed by atoms with Gasteiger partial charge in [0.25, 0.3) is 0 Å². The summed E-state index contributed by atoms with van der Waals surface area (Å²) >= 11 is 14.3. The van der Waals surface area contributed by atoms with Gasteiger partial charge in [-0.1, -0.05) is 55.2 Å². The second-order valence-electron chi connectivity index (χ2n) is 26.4. The summed E-state index contributed by atoms with van der Waals surface area (Å²) in [5.74, 6) is -16.3. The number of fused-ring (bicyclic) bond motifs is 16. The zero-order valence-corrected chi connectivity index (χ0v) is 57.1. The van der Waals surface area contributed by atoms with Crippen molar-refractivity contribution in [3.8, 4) is 57.1 Å². The fourth-order valence-corrected chi connectivity index (χ4v) is 13.7. The zero-order chi connectivity index (χ0) is 75.5. The number of aromatic hydroxyl groups is 3. The summed E-state index contributed by atoms with van der Waals surface area (Å²) in [6.07, 6.45) is -18.4. The van der Waals surface area contributed by atoms with Crippen molar-refractivity contribution >= 4 is 76.6 Å². The lowest BCUT2D eigenvalue weighted by atomic mass is 9.81. The van der Waals surface area contributed by atoms with Gasteiger partial charge in [0.05, 0.1) is 34.7 Å². The van der Waals surface area contributed by atoms with Crippen LogP contribution < -0.4 is 67.8 Å². The van der Waals surface area contributed by atoms with Gasteiger partial charge in [-0.25, -0.2) is 9.59 Å². The third kappa shape index (κ3) is 14.8. The number of aliphatic hydroxyl groups excluding tert-OH is 5. The Morgan fingerprint density at radius 3 is 1.96 bits per heavy atom. The molecule has 0 radical (unpaired) electrons. The third-order valence-corrected chi connectivity index (χ3v) is 19.3. The van der Waals surface area contributed by atoms with Crippen molar-refractivity contribution in [1.82, 2.24) is 47.9 Å². The highest BCUT2D eigenvalue weighted by molar-refractivity contribution is 6.32. The molecule has 9 amide bonds. The molecule has 35 nitrogen and oxygen atoms in total. The number of rotatable bonds is 13. The predicted molar refractivity (Wildman–Crippen MR) is 356 cm³/mol. The average molecular weight is 1490 g/mol. The molecule has 0 aromatic heterocycles. The molecule has 5 aromatic carbocycles. The fraction of sp³-hybridized carbons (Fsp3) is 0.418. The smallest absolute Gasteiger partial charge is 0.330 e. The van der Waals surface area contributed by atoms with Crippen molar-refractivity contribution in [1.29, 1.82) is 0 Å². The van der Waals surface area contributed by atoms with Crippen LogP contribution in [0.5, 0.6) is 46.0 Å². The second kappa shape index (κ2) is 29.7. The number of aliphatic carboxylic acids is 1. The lowest BCUT2D eigenvalue weighted by Gasteiger charge is -2.48. The SMILES string of the molecule is CN[C@H](CC(C)C)C(=O)N[C@H]1C(=O)N[C@@H](CC(N)=O)C(=O)N[C@H]2C(=O)N[C@H]3C(=O)N[C@H](C(=O)N[C@H](C(=O)O)c4cc(O)cc(O)c4-c4cc3ccc4O)[C@H](O[C@H]3C[C@]4(C)NC(=O)N[C@@]4(O)[C@H](C)O3)c3ccc(c(Cl)c3)Oc3cc2cc(c3O[C@@H]2O[C@H](CO)[C@@H](O)[C@H](O)[C@H]2O)Oc2ccc(cc2Cl)[C@H]1O. The Labute approximate surface area is 599 Å². The lowest BCUT2D eigenvalue weighted by Crippen LogP contribution is -2.70. The van der Waals surface area contributed by atoms with Crippen LogP contribution in [0.1, 0.15) is 105 Å². The number of likely N-dealkylation sites (N-methyl/N-ethyl adjacent to an activating group) is 1. The molecular weight excluding hydrogens is 1420 g/mol. The molecule has 5 aromatic rings. The van der Waals surface area contributed by atoms with Crippen LogP contribution in [0.25, 0.3) is 11.1 Å². The number of aliphatic hydroxyl groups is 6. The molecule has 8 heterocycles. The van der Waals surface area contributed by atoms with Crippen LogP contribution in [0.4, 0.5) is 4.79 Å². The van der Waals surface area contributed by atoms with Crippen molar-refractivity contribution in [2.24, 2.45) is 11.7 Å². The van der Waals surface area contributed by atoms with Crippen molar-refractivity contribution < 1.29 is 123 Å². The minimum Gasteiger partial charge on any atom is -0.508 e. The van der Waals surface area contributed by atoms with E-state index in [-0.39, 0.29) is 39.8 Å². The summed E-state index contributed by atoms with van der Waals surface area (Å²) in [5.41, 5.74) is -0.867. The van der Waals surface area contributed by atoms with Crippen LogP contribution in [-0.4, -0.2) is 197 Å². The summed E-state index contributed by atoms with van der Waals surface area (Å²) < 4.78 is 38.2. The summed E-state index contributed by atoms with van der Waals surface area (Å²) in [4.78, 5) is 132. The van der Waals surface area contributed by atoms with E-state index in [2.05, 4.69) is 47.9 Å². The molecule has 556 valence electrons. The van der Waals surface area contributed by atoms with E-state index in [1.807, 2.05) is 13.8 Å². The van der Waals surface area contributed by atoms with Crippen LogP contribution in [0, 0.1) is 5.92 Å². The second-order valence-corrected chi connectivity index (χ2v) is 27.2. The van der Waals surface area contributed by atoms with Crippen molar-refractivity contribution in [2.75, 3.05) is 13.7 Å². The van der Waals surface area contributed by atoms with E-state index in [4.69, 9.17) is 57.4 Å². The molecule has 0 saturated carbocycles. The Kier molecular flexibility index (Phi) is 21.5. The number of phenols is 3. The molecule has 11 bridgehead atoms. The first-order valence-electron chi connectivity index (χ1n) is 32.4. The first-order chi connectivity index (χ1) is 49.1. The normalized spacial score (nSPS) is 30.0. The van der Waals surface area contributed by atoms with E-state index in [1.165, 1.54) is 39.1 Å². The lowest BCUT2D eigenvalue weighted by molar-refractivity contribution is -0.287. The van der Waals surface area contributed by atoms with E-state index in [0.717, 1.165) is 60.7 Å². The van der Waals surface area contributed by atoms with Crippen LogP contribution in [-0.2, 0) is 52.6 Å². The number of nitrogens with two attached hydrogens (primary N) is 1. The zero-order valence-electron chi connectivity index (χ0n) is 55.6. The average Bonchev–Trinajstić information content (AvgIpc) is 1.52. The number of phenolic OH excluding ortho intramolecular Hbond substituents is 3. The highest BCUT2D eigenvalue weighted by Gasteiger charge is 2.63. The van der Waals surface area contributed by atoms with Gasteiger partial charge in [-0.05, 0) is 110 Å². The summed E-state index contributed by atoms with van der Waals surface area (Å²) in [6.45, 7) is 5.46. The third-order valence-electron chi connectivity index (χ3n) is 18.7. The minimum atomic E-state index is -2.37. The Balaban J connectivity index is 1.18. The number of amides is 9. The number of nitrogens with one attached hydrogen (secondary N) is 9. The van der Waals surface area contributed by atoms with Crippen LogP contribution >= 0.6 is 23.2 Å². The number of benzene rings is 5. The number of ether oxygens (including phenoxy) is 6. The molecule has 37 heteroatoms. The van der Waals surface area contributed by atoms with E-state index < -0.39 is 249 Å². The molecule has 3 saturated heterocycles. The quantitative estimate of drug-likeness (QED) is 0.0725. The van der Waals surface area contributed by atoms with Crippen molar-refractivity contribution in [3.05, 3.63) is 117 Å². The Hall–Kier alpha value is -9.89. The van der Waals surface area contributed by atoms with Gasteiger partial charge < -0.3 is 133 Å². The van der Waals surface area contributed by atoms with E-state index in [1.54, 1.807) is 0 Å². The van der Waals surface area contributed by atoms with E-state index in [9.17, 15) is 75.0 Å². The molecule has 21 N–H and O–H groups in total. The van der Waals surface area contributed by atoms with E-state index in [0.29, 0.717) is 0 Å². The highest BCUT2D eigenvalue weighted by Crippen LogP contribution is 2.50. The molecule has 0 aliphatic carbocycles.